The second-order valence-corrected chi connectivity index (χ2v) is 7.74. The topological polar surface area (TPSA) is 90.8 Å². The van der Waals surface area contributed by atoms with E-state index < -0.39 is 5.91 Å². The van der Waals surface area contributed by atoms with Gasteiger partial charge in [-0.1, -0.05) is 44.0 Å². The number of amides is 2. The molecule has 146 valence electrons. The average Bonchev–Trinajstić information content (AvgIpc) is 2.71. The lowest BCUT2D eigenvalue weighted by atomic mass is 10.1. The van der Waals surface area contributed by atoms with Gasteiger partial charge in [0.15, 0.2) is 0 Å². The van der Waals surface area contributed by atoms with Crippen LogP contribution in [0.15, 0.2) is 80.8 Å². The molecule has 0 bridgehead atoms. The fourth-order valence-corrected chi connectivity index (χ4v) is 3.08. The maximum Gasteiger partial charge on any atom is 0.273 e. The Bertz CT molecular complexity index is 1080. The molecule has 0 aliphatic rings. The molecule has 0 saturated heterocycles. The number of hydrazone groups is 1. The number of carbonyl (C=O) groups is 2. The fraction of sp³-hybridized carbons (Fsp3) is 0. The zero-order valence-electron chi connectivity index (χ0n) is 14.9. The zero-order valence-corrected chi connectivity index (χ0v) is 18.1. The van der Waals surface area contributed by atoms with Crippen molar-refractivity contribution < 1.29 is 14.7 Å². The van der Waals surface area contributed by atoms with Gasteiger partial charge in [-0.2, -0.15) is 5.10 Å². The number of hydrogen-bond acceptors (Lipinski definition) is 4. The van der Waals surface area contributed by atoms with Crippen LogP contribution in [0.5, 0.6) is 5.75 Å². The third-order valence-corrected chi connectivity index (χ3v) is 4.91. The number of nitrogens with one attached hydrogen (secondary N) is 2. The molecule has 0 saturated carbocycles. The molecule has 0 spiro atoms. The van der Waals surface area contributed by atoms with E-state index in [0.717, 1.165) is 8.95 Å². The van der Waals surface area contributed by atoms with Crippen LogP contribution in [0.25, 0.3) is 0 Å². The van der Waals surface area contributed by atoms with Gasteiger partial charge >= 0.3 is 0 Å². The van der Waals surface area contributed by atoms with Crippen LogP contribution in [0.4, 0.5) is 5.69 Å². The molecule has 3 aromatic carbocycles. The molecule has 3 aromatic rings. The summed E-state index contributed by atoms with van der Waals surface area (Å²) in [6, 6.07) is 18.4. The number of para-hydroxylation sites is 1. The maximum absolute atomic E-state index is 12.5. The van der Waals surface area contributed by atoms with Crippen LogP contribution in [0, 0.1) is 0 Å². The predicted molar refractivity (Wildman–Crippen MR) is 119 cm³/mol. The van der Waals surface area contributed by atoms with Gasteiger partial charge in [0.25, 0.3) is 11.8 Å². The number of phenolic OH excluding ortho intramolecular Hbond substituents is 1. The van der Waals surface area contributed by atoms with E-state index in [0.29, 0.717) is 16.8 Å². The van der Waals surface area contributed by atoms with Gasteiger partial charge in [-0.15, -0.1) is 0 Å². The first kappa shape index (κ1) is 20.8. The molecule has 0 atom stereocenters. The highest BCUT2D eigenvalue weighted by atomic mass is 79.9. The van der Waals surface area contributed by atoms with Crippen molar-refractivity contribution in [3.05, 3.63) is 92.4 Å². The van der Waals surface area contributed by atoms with Crippen molar-refractivity contribution in [2.75, 3.05) is 5.32 Å². The first-order valence-corrected chi connectivity index (χ1v) is 10.0. The van der Waals surface area contributed by atoms with Crippen LogP contribution in [0.1, 0.15) is 26.3 Å². The highest BCUT2D eigenvalue weighted by Crippen LogP contribution is 2.20. The molecule has 3 rings (SSSR count). The van der Waals surface area contributed by atoms with Crippen molar-refractivity contribution in [2.45, 2.75) is 0 Å². The minimum Gasteiger partial charge on any atom is -0.507 e. The average molecular weight is 517 g/mol. The van der Waals surface area contributed by atoms with Crippen LogP contribution in [0.3, 0.4) is 0 Å². The van der Waals surface area contributed by atoms with Crippen LogP contribution >= 0.6 is 31.9 Å². The number of halogens is 2. The number of anilines is 1. The van der Waals surface area contributed by atoms with Crippen molar-refractivity contribution >= 4 is 55.6 Å². The molecule has 29 heavy (non-hydrogen) atoms. The molecule has 0 aliphatic carbocycles. The van der Waals surface area contributed by atoms with E-state index in [-0.39, 0.29) is 17.2 Å². The van der Waals surface area contributed by atoms with E-state index >= 15 is 0 Å². The predicted octanol–water partition coefficient (Wildman–Crippen LogP) is 4.93. The zero-order chi connectivity index (χ0) is 20.8. The Morgan fingerprint density at radius 3 is 2.34 bits per heavy atom. The van der Waals surface area contributed by atoms with Crippen LogP contribution in [-0.4, -0.2) is 23.1 Å². The van der Waals surface area contributed by atoms with Crippen molar-refractivity contribution in [3.8, 4) is 5.75 Å². The number of phenols is 1. The van der Waals surface area contributed by atoms with Gasteiger partial charge in [0, 0.05) is 20.1 Å². The lowest BCUT2D eigenvalue weighted by Gasteiger charge is -2.10. The van der Waals surface area contributed by atoms with Crippen molar-refractivity contribution in [3.63, 3.8) is 0 Å². The second-order valence-electron chi connectivity index (χ2n) is 5.91. The summed E-state index contributed by atoms with van der Waals surface area (Å²) in [5.74, 6) is -0.795. The summed E-state index contributed by atoms with van der Waals surface area (Å²) in [5.41, 5.74) is 3.92. The minimum absolute atomic E-state index is 0.0355. The third kappa shape index (κ3) is 5.52. The highest BCUT2D eigenvalue weighted by molar-refractivity contribution is 9.10. The Labute approximate surface area is 183 Å². The quantitative estimate of drug-likeness (QED) is 0.331. The molecule has 6 nitrogen and oxygen atoms in total. The summed E-state index contributed by atoms with van der Waals surface area (Å²) in [5, 5.41) is 16.4. The van der Waals surface area contributed by atoms with Crippen molar-refractivity contribution in [1.29, 1.82) is 0 Å². The molecule has 8 heteroatoms. The first-order chi connectivity index (χ1) is 13.9. The number of aromatic hydroxyl groups is 1. The van der Waals surface area contributed by atoms with E-state index in [4.69, 9.17) is 0 Å². The molecule has 0 unspecified atom stereocenters. The standard InChI is InChI=1S/C21H15Br2N3O3/c22-15-7-5-13(6-8-15)20(28)25-18-4-2-1-3-17(18)21(29)26-24-12-14-11-16(23)9-10-19(14)27/h1-12,27H,(H,25,28)(H,26,29)/b24-12-. The SMILES string of the molecule is O=C(Nc1ccccc1C(=O)N/N=C\c1cc(Br)ccc1O)c1ccc(Br)cc1. The second kappa shape index (κ2) is 9.49. The third-order valence-electron chi connectivity index (χ3n) is 3.89. The molecule has 0 heterocycles. The Morgan fingerprint density at radius 1 is 0.897 bits per heavy atom. The summed E-state index contributed by atoms with van der Waals surface area (Å²) >= 11 is 6.63. The van der Waals surface area contributed by atoms with E-state index in [9.17, 15) is 14.7 Å². The molecule has 0 aromatic heterocycles. The summed E-state index contributed by atoms with van der Waals surface area (Å²) < 4.78 is 1.63. The highest BCUT2D eigenvalue weighted by Gasteiger charge is 2.13. The summed E-state index contributed by atoms with van der Waals surface area (Å²) in [4.78, 5) is 25.0. The van der Waals surface area contributed by atoms with Gasteiger partial charge < -0.3 is 10.4 Å². The molecular formula is C21H15Br2N3O3. The Balaban J connectivity index is 1.73. The van der Waals surface area contributed by atoms with Crippen LogP contribution in [0.2, 0.25) is 0 Å². The monoisotopic (exact) mass is 515 g/mol. The van der Waals surface area contributed by atoms with E-state index in [1.54, 1.807) is 60.7 Å². The minimum atomic E-state index is -0.498. The number of benzene rings is 3. The van der Waals surface area contributed by atoms with E-state index in [1.165, 1.54) is 12.3 Å². The largest absolute Gasteiger partial charge is 0.507 e. The molecule has 0 aliphatic heterocycles. The summed E-state index contributed by atoms with van der Waals surface area (Å²) in [6.07, 6.45) is 1.33. The Hall–Kier alpha value is -2.97. The Morgan fingerprint density at radius 2 is 1.59 bits per heavy atom. The number of nitrogens with zero attached hydrogens (tertiary/aromatic N) is 1. The first-order valence-electron chi connectivity index (χ1n) is 8.42. The van der Waals surface area contributed by atoms with Crippen LogP contribution in [-0.2, 0) is 0 Å². The number of hydrogen-bond donors (Lipinski definition) is 3. The summed E-state index contributed by atoms with van der Waals surface area (Å²) in [6.45, 7) is 0. The maximum atomic E-state index is 12.5. The smallest absolute Gasteiger partial charge is 0.273 e. The number of carbonyl (C=O) groups excluding carboxylic acids is 2. The Kier molecular flexibility index (Phi) is 6.79. The lowest BCUT2D eigenvalue weighted by Crippen LogP contribution is -2.21. The fourth-order valence-electron chi connectivity index (χ4n) is 2.44. The van der Waals surface area contributed by atoms with Gasteiger partial charge in [0.2, 0.25) is 0 Å². The van der Waals surface area contributed by atoms with Gasteiger partial charge in [0.05, 0.1) is 17.5 Å². The van der Waals surface area contributed by atoms with Gasteiger partial charge in [-0.25, -0.2) is 5.43 Å². The molecule has 0 fully saturated rings. The van der Waals surface area contributed by atoms with Crippen molar-refractivity contribution in [2.24, 2.45) is 5.10 Å². The molecule has 0 radical (unpaired) electrons. The van der Waals surface area contributed by atoms with Crippen LogP contribution < -0.4 is 10.7 Å². The summed E-state index contributed by atoms with van der Waals surface area (Å²) in [7, 11) is 0. The normalized spacial score (nSPS) is 10.7. The lowest BCUT2D eigenvalue weighted by molar-refractivity contribution is 0.0956. The van der Waals surface area contributed by atoms with E-state index in [1.807, 2.05) is 0 Å². The molecule has 3 N–H and O–H groups in total. The van der Waals surface area contributed by atoms with Gasteiger partial charge in [-0.05, 0) is 54.6 Å². The van der Waals surface area contributed by atoms with Crippen molar-refractivity contribution in [1.82, 2.24) is 5.43 Å². The molecular weight excluding hydrogens is 502 g/mol. The van der Waals surface area contributed by atoms with Gasteiger partial charge in [-0.3, -0.25) is 9.59 Å². The van der Waals surface area contributed by atoms with E-state index in [2.05, 4.69) is 47.7 Å². The number of rotatable bonds is 5. The van der Waals surface area contributed by atoms with Gasteiger partial charge in [0.1, 0.15) is 5.75 Å². The molecule has 2 amide bonds.